The lowest BCUT2D eigenvalue weighted by Gasteiger charge is -2.14. The molecular formula is C21H28O4. The molecule has 0 N–H and O–H groups in total. The lowest BCUT2D eigenvalue weighted by molar-refractivity contribution is -0.141. The molecule has 0 saturated carbocycles. The second kappa shape index (κ2) is 10.0. The van der Waals surface area contributed by atoms with Crippen LogP contribution < -0.4 is 0 Å². The molecule has 1 aromatic carbocycles. The van der Waals surface area contributed by atoms with E-state index in [1.807, 2.05) is 30.3 Å². The molecule has 4 heteroatoms. The number of ether oxygens (including phenoxy) is 2. The molecule has 0 saturated heterocycles. The van der Waals surface area contributed by atoms with E-state index in [0.29, 0.717) is 6.42 Å². The van der Waals surface area contributed by atoms with Gasteiger partial charge in [0, 0.05) is 6.42 Å². The molecule has 1 aromatic rings. The van der Waals surface area contributed by atoms with Crippen molar-refractivity contribution in [1.29, 1.82) is 0 Å². The number of allylic oxidation sites excluding steroid dienone is 2. The molecule has 0 aliphatic heterocycles. The van der Waals surface area contributed by atoms with Crippen molar-refractivity contribution in [2.75, 3.05) is 7.11 Å². The van der Waals surface area contributed by atoms with Crippen LogP contribution in [0, 0.1) is 5.92 Å². The largest absolute Gasteiger partial charge is 0.469 e. The summed E-state index contributed by atoms with van der Waals surface area (Å²) in [7, 11) is 1.42. The van der Waals surface area contributed by atoms with E-state index in [-0.39, 0.29) is 24.3 Å². The van der Waals surface area contributed by atoms with Gasteiger partial charge in [-0.2, -0.15) is 0 Å². The number of unbranched alkanes of at least 4 members (excludes halogenated alkanes) is 2. The molecule has 0 amide bonds. The van der Waals surface area contributed by atoms with Crippen molar-refractivity contribution in [2.45, 2.75) is 58.3 Å². The van der Waals surface area contributed by atoms with E-state index in [0.717, 1.165) is 55.4 Å². The molecule has 25 heavy (non-hydrogen) atoms. The fourth-order valence-electron chi connectivity index (χ4n) is 3.34. The number of hydrogen-bond donors (Lipinski definition) is 0. The average Bonchev–Trinajstić information content (AvgIpc) is 2.97. The summed E-state index contributed by atoms with van der Waals surface area (Å²) in [5.41, 5.74) is 2.09. The molecule has 4 nitrogen and oxygen atoms in total. The van der Waals surface area contributed by atoms with Crippen molar-refractivity contribution in [2.24, 2.45) is 5.92 Å². The Morgan fingerprint density at radius 1 is 1.12 bits per heavy atom. The van der Waals surface area contributed by atoms with Crippen LogP contribution in [-0.4, -0.2) is 19.0 Å². The maximum Gasteiger partial charge on any atom is 0.315 e. The maximum absolute atomic E-state index is 12.3. The Hall–Kier alpha value is -2.10. The molecule has 1 unspecified atom stereocenters. The zero-order valence-electron chi connectivity index (χ0n) is 15.3. The van der Waals surface area contributed by atoms with E-state index >= 15 is 0 Å². The Morgan fingerprint density at radius 3 is 2.56 bits per heavy atom. The summed E-state index contributed by atoms with van der Waals surface area (Å²) in [5, 5.41) is 0. The van der Waals surface area contributed by atoms with Crippen molar-refractivity contribution in [3.05, 3.63) is 47.2 Å². The van der Waals surface area contributed by atoms with Gasteiger partial charge in [-0.05, 0) is 36.3 Å². The van der Waals surface area contributed by atoms with Crippen molar-refractivity contribution in [1.82, 2.24) is 0 Å². The molecule has 1 aliphatic carbocycles. The fourth-order valence-corrected chi connectivity index (χ4v) is 3.34. The Morgan fingerprint density at radius 2 is 1.88 bits per heavy atom. The van der Waals surface area contributed by atoms with Gasteiger partial charge in [0.1, 0.15) is 5.76 Å². The van der Waals surface area contributed by atoms with Gasteiger partial charge in [0.2, 0.25) is 0 Å². The lowest BCUT2D eigenvalue weighted by atomic mass is 9.93. The maximum atomic E-state index is 12.3. The van der Waals surface area contributed by atoms with Crippen LogP contribution in [0.4, 0.5) is 0 Å². The standard InChI is InChI=1S/C21H28O4/c1-3-4-6-11-18-17(15-20(22)24-2)12-13-19(18)25-21(23)14-16-9-7-5-8-10-16/h5,7-10,17H,3-4,6,11-15H2,1-2H3. The summed E-state index contributed by atoms with van der Waals surface area (Å²) in [4.78, 5) is 23.9. The third kappa shape index (κ3) is 6.04. The third-order valence-electron chi connectivity index (χ3n) is 4.69. The van der Waals surface area contributed by atoms with E-state index < -0.39 is 0 Å². The molecule has 0 spiro atoms. The summed E-state index contributed by atoms with van der Waals surface area (Å²) in [5.74, 6) is 0.498. The number of hydrogen-bond acceptors (Lipinski definition) is 4. The van der Waals surface area contributed by atoms with Crippen molar-refractivity contribution >= 4 is 11.9 Å². The quantitative estimate of drug-likeness (QED) is 0.486. The zero-order chi connectivity index (χ0) is 18.1. The number of methoxy groups -OCH3 is 1. The molecule has 1 aliphatic rings. The minimum Gasteiger partial charge on any atom is -0.469 e. The van der Waals surface area contributed by atoms with Crippen LogP contribution in [-0.2, 0) is 25.5 Å². The van der Waals surface area contributed by atoms with E-state index in [9.17, 15) is 9.59 Å². The highest BCUT2D eigenvalue weighted by molar-refractivity contribution is 5.74. The lowest BCUT2D eigenvalue weighted by Crippen LogP contribution is -2.11. The summed E-state index contributed by atoms with van der Waals surface area (Å²) in [6, 6.07) is 9.61. The van der Waals surface area contributed by atoms with Gasteiger partial charge in [-0.25, -0.2) is 0 Å². The monoisotopic (exact) mass is 344 g/mol. The van der Waals surface area contributed by atoms with Crippen LogP contribution in [0.3, 0.4) is 0 Å². The van der Waals surface area contributed by atoms with Gasteiger partial charge in [0.25, 0.3) is 0 Å². The topological polar surface area (TPSA) is 52.6 Å². The average molecular weight is 344 g/mol. The summed E-state index contributed by atoms with van der Waals surface area (Å²) < 4.78 is 10.5. The van der Waals surface area contributed by atoms with Gasteiger partial charge in [0.15, 0.2) is 0 Å². The number of carbonyl (C=O) groups excluding carboxylic acids is 2. The Bertz CT molecular complexity index is 604. The van der Waals surface area contributed by atoms with E-state index in [1.165, 1.54) is 7.11 Å². The minimum atomic E-state index is -0.229. The van der Waals surface area contributed by atoms with Gasteiger partial charge in [-0.15, -0.1) is 0 Å². The van der Waals surface area contributed by atoms with Crippen LogP contribution in [0.5, 0.6) is 0 Å². The minimum absolute atomic E-state index is 0.142. The van der Waals surface area contributed by atoms with Gasteiger partial charge in [0.05, 0.1) is 20.0 Å². The van der Waals surface area contributed by atoms with Gasteiger partial charge in [-0.1, -0.05) is 50.1 Å². The van der Waals surface area contributed by atoms with Gasteiger partial charge >= 0.3 is 11.9 Å². The normalized spacial score (nSPS) is 16.8. The summed E-state index contributed by atoms with van der Waals surface area (Å²) >= 11 is 0. The second-order valence-corrected chi connectivity index (χ2v) is 6.56. The Labute approximate surface area is 150 Å². The smallest absolute Gasteiger partial charge is 0.315 e. The predicted molar refractivity (Wildman–Crippen MR) is 96.8 cm³/mol. The molecule has 0 heterocycles. The first-order chi connectivity index (χ1) is 12.1. The Kier molecular flexibility index (Phi) is 7.71. The molecule has 0 fully saturated rings. The molecule has 2 rings (SSSR count). The number of rotatable bonds is 9. The first-order valence-electron chi connectivity index (χ1n) is 9.17. The molecule has 1 atom stereocenters. The first-order valence-corrected chi connectivity index (χ1v) is 9.17. The van der Waals surface area contributed by atoms with Crippen LogP contribution in [0.1, 0.15) is 57.4 Å². The highest BCUT2D eigenvalue weighted by atomic mass is 16.5. The van der Waals surface area contributed by atoms with Crippen LogP contribution >= 0.6 is 0 Å². The molecular weight excluding hydrogens is 316 g/mol. The predicted octanol–water partition coefficient (Wildman–Crippen LogP) is 4.58. The SMILES string of the molecule is CCCCCC1=C(OC(=O)Cc2ccccc2)CCC1CC(=O)OC. The molecule has 0 bridgehead atoms. The molecule has 136 valence electrons. The van der Waals surface area contributed by atoms with Crippen molar-refractivity contribution in [3.8, 4) is 0 Å². The summed E-state index contributed by atoms with van der Waals surface area (Å²) in [6.07, 6.45) is 6.45. The third-order valence-corrected chi connectivity index (χ3v) is 4.69. The van der Waals surface area contributed by atoms with E-state index in [1.54, 1.807) is 0 Å². The van der Waals surface area contributed by atoms with E-state index in [4.69, 9.17) is 9.47 Å². The molecule has 0 radical (unpaired) electrons. The zero-order valence-corrected chi connectivity index (χ0v) is 15.3. The van der Waals surface area contributed by atoms with Crippen molar-refractivity contribution in [3.63, 3.8) is 0 Å². The second-order valence-electron chi connectivity index (χ2n) is 6.56. The molecule has 0 aromatic heterocycles. The van der Waals surface area contributed by atoms with Crippen LogP contribution in [0.25, 0.3) is 0 Å². The Balaban J connectivity index is 2.03. The summed E-state index contributed by atoms with van der Waals surface area (Å²) in [6.45, 7) is 2.16. The highest BCUT2D eigenvalue weighted by Crippen LogP contribution is 2.38. The number of carbonyl (C=O) groups is 2. The van der Waals surface area contributed by atoms with Crippen LogP contribution in [0.2, 0.25) is 0 Å². The van der Waals surface area contributed by atoms with Gasteiger partial charge < -0.3 is 9.47 Å². The fraction of sp³-hybridized carbons (Fsp3) is 0.524. The number of benzene rings is 1. The van der Waals surface area contributed by atoms with Crippen molar-refractivity contribution < 1.29 is 19.1 Å². The first kappa shape index (κ1) is 19.2. The van der Waals surface area contributed by atoms with E-state index in [2.05, 4.69) is 6.92 Å². The van der Waals surface area contributed by atoms with Crippen LogP contribution in [0.15, 0.2) is 41.7 Å². The number of esters is 2. The van der Waals surface area contributed by atoms with Gasteiger partial charge in [-0.3, -0.25) is 9.59 Å². The highest BCUT2D eigenvalue weighted by Gasteiger charge is 2.29.